The molecular formula is C18H30N2O4. The van der Waals surface area contributed by atoms with Crippen molar-refractivity contribution in [2.45, 2.75) is 65.3 Å². The van der Waals surface area contributed by atoms with Gasteiger partial charge in [-0.1, -0.05) is 6.92 Å². The molecule has 0 heterocycles. The van der Waals surface area contributed by atoms with Crippen molar-refractivity contribution in [3.05, 3.63) is 0 Å². The maximum absolute atomic E-state index is 12.3. The van der Waals surface area contributed by atoms with Gasteiger partial charge in [-0.25, -0.2) is 0 Å². The second-order valence-electron chi connectivity index (χ2n) is 7.48. The first kappa shape index (κ1) is 20.3. The van der Waals surface area contributed by atoms with Gasteiger partial charge >= 0.3 is 0 Å². The lowest BCUT2D eigenvalue weighted by atomic mass is 10.0. The van der Waals surface area contributed by atoms with E-state index in [1.54, 1.807) is 6.92 Å². The summed E-state index contributed by atoms with van der Waals surface area (Å²) in [5.74, 6) is -1.74. The Morgan fingerprint density at radius 1 is 0.875 bits per heavy atom. The lowest BCUT2D eigenvalue weighted by Crippen LogP contribution is -2.40. The Hall–Kier alpha value is -1.72. The van der Waals surface area contributed by atoms with Gasteiger partial charge in [0.1, 0.15) is 11.6 Å². The van der Waals surface area contributed by atoms with E-state index in [1.165, 1.54) is 7.05 Å². The van der Waals surface area contributed by atoms with E-state index in [4.69, 9.17) is 0 Å². The number of hydrogen-bond donors (Lipinski definition) is 2. The molecule has 136 valence electrons. The average Bonchev–Trinajstić information content (AvgIpc) is 3.23. The van der Waals surface area contributed by atoms with E-state index in [-0.39, 0.29) is 28.9 Å². The topological polar surface area (TPSA) is 92.3 Å². The molecule has 0 aromatic rings. The molecule has 3 atom stereocenters. The smallest absolute Gasteiger partial charge is 0.224 e. The second kappa shape index (κ2) is 8.40. The minimum absolute atomic E-state index is 0.0218. The van der Waals surface area contributed by atoms with Crippen LogP contribution in [0.5, 0.6) is 0 Å². The Balaban J connectivity index is 2.41. The monoisotopic (exact) mass is 338 g/mol. The van der Waals surface area contributed by atoms with Crippen molar-refractivity contribution in [3.63, 3.8) is 0 Å². The summed E-state index contributed by atoms with van der Waals surface area (Å²) in [5.41, 5.74) is -0.255. The summed E-state index contributed by atoms with van der Waals surface area (Å²) in [6.45, 7) is 7.51. The van der Waals surface area contributed by atoms with Gasteiger partial charge in [-0.15, -0.1) is 0 Å². The van der Waals surface area contributed by atoms with Crippen molar-refractivity contribution in [2.75, 3.05) is 7.05 Å². The summed E-state index contributed by atoms with van der Waals surface area (Å²) in [6.07, 6.45) is 2.26. The number of ketones is 2. The Bertz CT molecular complexity index is 486. The zero-order valence-electron chi connectivity index (χ0n) is 15.4. The third kappa shape index (κ3) is 5.73. The maximum Gasteiger partial charge on any atom is 0.224 e. The second-order valence-corrected chi connectivity index (χ2v) is 7.48. The van der Waals surface area contributed by atoms with E-state index in [0.717, 1.165) is 0 Å². The van der Waals surface area contributed by atoms with Gasteiger partial charge in [-0.05, 0) is 33.6 Å². The van der Waals surface area contributed by atoms with Crippen LogP contribution in [0.2, 0.25) is 0 Å². The Kier molecular flexibility index (Phi) is 7.11. The fourth-order valence-corrected chi connectivity index (χ4v) is 3.07. The third-order valence-electron chi connectivity index (χ3n) is 4.25. The largest absolute Gasteiger partial charge is 0.359 e. The molecule has 0 saturated heterocycles. The van der Waals surface area contributed by atoms with Crippen molar-refractivity contribution >= 4 is 23.4 Å². The highest BCUT2D eigenvalue weighted by Gasteiger charge is 2.60. The van der Waals surface area contributed by atoms with Crippen LogP contribution >= 0.6 is 0 Å². The number of Topliss-reactive ketones (excluding diaryl/α,β-unsaturated/α-hetero) is 2. The predicted molar refractivity (Wildman–Crippen MR) is 91.2 cm³/mol. The molecule has 0 aliphatic heterocycles. The van der Waals surface area contributed by atoms with Crippen LogP contribution in [-0.4, -0.2) is 36.0 Å². The van der Waals surface area contributed by atoms with E-state index in [1.807, 2.05) is 20.8 Å². The molecule has 1 aliphatic rings. The molecule has 3 unspecified atom stereocenters. The number of nitrogens with one attached hydrogen (secondary N) is 2. The SMILES string of the molecule is CCC(=O)C1C(C(=O)CCCCC(=O)NC(C)(C)C)C1C(=O)NC. The van der Waals surface area contributed by atoms with Crippen LogP contribution in [0.1, 0.15) is 59.8 Å². The first-order valence-electron chi connectivity index (χ1n) is 8.70. The van der Waals surface area contributed by atoms with Gasteiger partial charge in [0.15, 0.2) is 0 Å². The molecule has 1 aliphatic carbocycles. The van der Waals surface area contributed by atoms with Gasteiger partial charge in [0.25, 0.3) is 0 Å². The highest BCUT2D eigenvalue weighted by atomic mass is 16.2. The Labute approximate surface area is 144 Å². The minimum Gasteiger partial charge on any atom is -0.359 e. The van der Waals surface area contributed by atoms with E-state index >= 15 is 0 Å². The summed E-state index contributed by atoms with van der Waals surface area (Å²) in [7, 11) is 1.52. The third-order valence-corrected chi connectivity index (χ3v) is 4.25. The Morgan fingerprint density at radius 2 is 1.42 bits per heavy atom. The quantitative estimate of drug-likeness (QED) is 0.625. The van der Waals surface area contributed by atoms with Crippen LogP contribution < -0.4 is 10.6 Å². The zero-order valence-corrected chi connectivity index (χ0v) is 15.4. The number of unbranched alkanes of at least 4 members (excludes halogenated alkanes) is 1. The standard InChI is InChI=1S/C18H30N2O4/c1-6-11(21)14-15(16(14)17(24)19-5)12(22)9-7-8-10-13(23)20-18(2,3)4/h14-16H,6-10H2,1-5H3,(H,19,24)(H,20,23). The van der Waals surface area contributed by atoms with Gasteiger partial charge in [-0.3, -0.25) is 19.2 Å². The summed E-state index contributed by atoms with van der Waals surface area (Å²) >= 11 is 0. The molecule has 1 fully saturated rings. The highest BCUT2D eigenvalue weighted by Crippen LogP contribution is 2.49. The summed E-state index contributed by atoms with van der Waals surface area (Å²) in [6, 6.07) is 0. The first-order chi connectivity index (χ1) is 11.1. The van der Waals surface area contributed by atoms with Crippen LogP contribution in [-0.2, 0) is 19.2 Å². The predicted octanol–water partition coefficient (Wildman–Crippen LogP) is 1.62. The van der Waals surface area contributed by atoms with Crippen molar-refractivity contribution < 1.29 is 19.2 Å². The number of carbonyl (C=O) groups excluding carboxylic acids is 4. The van der Waals surface area contributed by atoms with Gasteiger partial charge in [-0.2, -0.15) is 0 Å². The molecule has 24 heavy (non-hydrogen) atoms. The Morgan fingerprint density at radius 3 is 1.92 bits per heavy atom. The van der Waals surface area contributed by atoms with Gasteiger partial charge in [0.05, 0.1) is 5.92 Å². The van der Waals surface area contributed by atoms with Crippen molar-refractivity contribution in [3.8, 4) is 0 Å². The molecule has 0 radical (unpaired) electrons. The van der Waals surface area contributed by atoms with E-state index in [9.17, 15) is 19.2 Å². The van der Waals surface area contributed by atoms with Crippen molar-refractivity contribution in [1.29, 1.82) is 0 Å². The van der Waals surface area contributed by atoms with E-state index < -0.39 is 17.8 Å². The van der Waals surface area contributed by atoms with Crippen molar-refractivity contribution in [1.82, 2.24) is 10.6 Å². The molecule has 0 bridgehead atoms. The van der Waals surface area contributed by atoms with E-state index in [2.05, 4.69) is 10.6 Å². The van der Waals surface area contributed by atoms with Crippen LogP contribution in [0.15, 0.2) is 0 Å². The molecule has 2 N–H and O–H groups in total. The summed E-state index contributed by atoms with van der Waals surface area (Å²) in [5, 5.41) is 5.41. The number of amides is 2. The fourth-order valence-electron chi connectivity index (χ4n) is 3.07. The molecule has 6 nitrogen and oxygen atoms in total. The van der Waals surface area contributed by atoms with Crippen LogP contribution in [0, 0.1) is 17.8 Å². The van der Waals surface area contributed by atoms with Crippen LogP contribution in [0.25, 0.3) is 0 Å². The van der Waals surface area contributed by atoms with Gasteiger partial charge in [0, 0.05) is 43.7 Å². The highest BCUT2D eigenvalue weighted by molar-refractivity contribution is 6.03. The molecule has 0 aromatic heterocycles. The summed E-state index contributed by atoms with van der Waals surface area (Å²) in [4.78, 5) is 47.7. The molecule has 0 aromatic carbocycles. The molecule has 1 rings (SSSR count). The normalized spacial score (nSPS) is 22.6. The molecule has 2 amide bonds. The number of carbonyl (C=O) groups is 4. The minimum atomic E-state index is -0.501. The first-order valence-corrected chi connectivity index (χ1v) is 8.70. The van der Waals surface area contributed by atoms with Crippen LogP contribution in [0.4, 0.5) is 0 Å². The average molecular weight is 338 g/mol. The molecular weight excluding hydrogens is 308 g/mol. The molecule has 0 spiro atoms. The number of hydrogen-bond acceptors (Lipinski definition) is 4. The fraction of sp³-hybridized carbons (Fsp3) is 0.778. The lowest BCUT2D eigenvalue weighted by Gasteiger charge is -2.20. The maximum atomic E-state index is 12.3. The molecule has 1 saturated carbocycles. The molecule has 6 heteroatoms. The zero-order chi connectivity index (χ0) is 18.5. The summed E-state index contributed by atoms with van der Waals surface area (Å²) < 4.78 is 0. The van der Waals surface area contributed by atoms with Crippen LogP contribution in [0.3, 0.4) is 0 Å². The van der Waals surface area contributed by atoms with Crippen molar-refractivity contribution in [2.24, 2.45) is 17.8 Å². The number of rotatable bonds is 9. The lowest BCUT2D eigenvalue weighted by molar-refractivity contribution is -0.126. The van der Waals surface area contributed by atoms with Gasteiger partial charge in [0.2, 0.25) is 11.8 Å². The van der Waals surface area contributed by atoms with E-state index in [0.29, 0.717) is 32.1 Å². The van der Waals surface area contributed by atoms with Gasteiger partial charge < -0.3 is 10.6 Å².